The van der Waals surface area contributed by atoms with Crippen LogP contribution in [-0.4, -0.2) is 14.5 Å². The molecule has 6 heteroatoms. The van der Waals surface area contributed by atoms with E-state index in [1.54, 1.807) is 23.0 Å². The van der Waals surface area contributed by atoms with Crippen molar-refractivity contribution in [1.29, 1.82) is 0 Å². The average Bonchev–Trinajstić information content (AvgIpc) is 2.68. The highest BCUT2D eigenvalue weighted by Crippen LogP contribution is 2.26. The molecule has 3 aromatic rings. The quantitative estimate of drug-likeness (QED) is 0.687. The Hall–Kier alpha value is -1.53. The van der Waals surface area contributed by atoms with Crippen LogP contribution in [0.2, 0.25) is 0 Å². The van der Waals surface area contributed by atoms with E-state index in [1.807, 2.05) is 6.07 Å². The summed E-state index contributed by atoms with van der Waals surface area (Å²) in [5.41, 5.74) is 2.34. The highest BCUT2D eigenvalue weighted by atomic mass is 79.9. The smallest absolute Gasteiger partial charge is 0.182 e. The fourth-order valence-corrected chi connectivity index (χ4v) is 2.59. The van der Waals surface area contributed by atoms with Gasteiger partial charge in [0.05, 0.1) is 22.9 Å². The largest absolute Gasteiger partial charge is 0.329 e. The zero-order valence-corrected chi connectivity index (χ0v) is 11.4. The van der Waals surface area contributed by atoms with Crippen LogP contribution in [0, 0.1) is 10.6 Å². The van der Waals surface area contributed by atoms with Gasteiger partial charge < -0.3 is 4.98 Å². The van der Waals surface area contributed by atoms with Crippen molar-refractivity contribution in [1.82, 2.24) is 14.5 Å². The van der Waals surface area contributed by atoms with Crippen molar-refractivity contribution < 1.29 is 4.39 Å². The van der Waals surface area contributed by atoms with Crippen molar-refractivity contribution in [2.75, 3.05) is 0 Å². The highest BCUT2D eigenvalue weighted by molar-refractivity contribution is 9.10. The summed E-state index contributed by atoms with van der Waals surface area (Å²) in [6, 6.07) is 6.33. The number of aromatic nitrogens is 3. The molecule has 0 saturated carbocycles. The molecule has 18 heavy (non-hydrogen) atoms. The van der Waals surface area contributed by atoms with Gasteiger partial charge in [0.15, 0.2) is 4.77 Å². The summed E-state index contributed by atoms with van der Waals surface area (Å²) in [6.45, 7) is 0. The predicted molar refractivity (Wildman–Crippen MR) is 73.9 cm³/mol. The fourth-order valence-electron chi connectivity index (χ4n) is 1.86. The van der Waals surface area contributed by atoms with Crippen molar-refractivity contribution in [2.45, 2.75) is 0 Å². The molecule has 0 fully saturated rings. The van der Waals surface area contributed by atoms with Crippen LogP contribution in [-0.2, 0) is 0 Å². The van der Waals surface area contributed by atoms with Gasteiger partial charge in [-0.05, 0) is 52.4 Å². The van der Waals surface area contributed by atoms with E-state index in [4.69, 9.17) is 12.2 Å². The zero-order chi connectivity index (χ0) is 12.7. The topological polar surface area (TPSA) is 33.6 Å². The Morgan fingerprint density at radius 1 is 1.33 bits per heavy atom. The van der Waals surface area contributed by atoms with Crippen LogP contribution in [0.4, 0.5) is 4.39 Å². The molecule has 3 nitrogen and oxygen atoms in total. The number of hydrogen-bond donors (Lipinski definition) is 1. The summed E-state index contributed by atoms with van der Waals surface area (Å²) < 4.78 is 16.4. The van der Waals surface area contributed by atoms with Gasteiger partial charge in [0.1, 0.15) is 5.82 Å². The molecule has 0 amide bonds. The molecular weight excluding hydrogens is 317 g/mol. The Morgan fingerprint density at radius 2 is 2.17 bits per heavy atom. The minimum absolute atomic E-state index is 0.307. The Kier molecular flexibility index (Phi) is 2.76. The SMILES string of the molecule is Fc1ccc(Br)c(-n2c(=S)[nH]c3cnccc32)c1. The number of H-pyrrole nitrogens is 1. The van der Waals surface area contributed by atoms with Crippen LogP contribution in [0.1, 0.15) is 0 Å². The first-order valence-electron chi connectivity index (χ1n) is 5.17. The minimum atomic E-state index is -0.307. The summed E-state index contributed by atoms with van der Waals surface area (Å²) in [7, 11) is 0. The molecule has 0 atom stereocenters. The van der Waals surface area contributed by atoms with Gasteiger partial charge in [-0.1, -0.05) is 0 Å². The second kappa shape index (κ2) is 4.29. The van der Waals surface area contributed by atoms with E-state index in [0.717, 1.165) is 15.5 Å². The summed E-state index contributed by atoms with van der Waals surface area (Å²) >= 11 is 8.68. The Balaban J connectivity index is 2.41. The molecule has 0 saturated heterocycles. The summed E-state index contributed by atoms with van der Waals surface area (Å²) in [6.07, 6.45) is 3.36. The molecule has 3 rings (SSSR count). The highest BCUT2D eigenvalue weighted by Gasteiger charge is 2.10. The third-order valence-electron chi connectivity index (χ3n) is 2.63. The van der Waals surface area contributed by atoms with Gasteiger partial charge >= 0.3 is 0 Å². The standard InChI is InChI=1S/C12H7BrFN3S/c13-8-2-1-7(14)5-11(8)17-10-3-4-15-6-9(10)16-12(17)18/h1-6H,(H,16,18). The molecule has 2 aromatic heterocycles. The number of nitrogens with zero attached hydrogens (tertiary/aromatic N) is 2. The van der Waals surface area contributed by atoms with Gasteiger partial charge in [-0.2, -0.15) is 0 Å². The summed E-state index contributed by atoms with van der Waals surface area (Å²) in [5.74, 6) is -0.307. The maximum Gasteiger partial charge on any atom is 0.182 e. The lowest BCUT2D eigenvalue weighted by atomic mass is 10.3. The first-order chi connectivity index (χ1) is 8.66. The lowest BCUT2D eigenvalue weighted by Gasteiger charge is -2.07. The molecular formula is C12H7BrFN3S. The monoisotopic (exact) mass is 323 g/mol. The van der Waals surface area contributed by atoms with Gasteiger partial charge in [-0.25, -0.2) is 4.39 Å². The third-order valence-corrected chi connectivity index (χ3v) is 3.59. The van der Waals surface area contributed by atoms with Crippen molar-refractivity contribution in [2.24, 2.45) is 0 Å². The van der Waals surface area contributed by atoms with E-state index >= 15 is 0 Å². The lowest BCUT2D eigenvalue weighted by Crippen LogP contribution is -1.96. The van der Waals surface area contributed by atoms with Crippen molar-refractivity contribution in [3.8, 4) is 5.69 Å². The van der Waals surface area contributed by atoms with E-state index < -0.39 is 0 Å². The van der Waals surface area contributed by atoms with Gasteiger partial charge in [0.25, 0.3) is 0 Å². The van der Waals surface area contributed by atoms with Crippen LogP contribution < -0.4 is 0 Å². The molecule has 0 bridgehead atoms. The second-order valence-electron chi connectivity index (χ2n) is 3.75. The van der Waals surface area contributed by atoms with Crippen molar-refractivity contribution >= 4 is 39.2 Å². The Labute approximate surface area is 115 Å². The molecule has 1 aromatic carbocycles. The van der Waals surface area contributed by atoms with Crippen LogP contribution in [0.5, 0.6) is 0 Å². The Bertz CT molecular complexity index is 793. The number of nitrogens with one attached hydrogen (secondary N) is 1. The van der Waals surface area contributed by atoms with Crippen LogP contribution >= 0.6 is 28.1 Å². The molecule has 0 aliphatic heterocycles. The minimum Gasteiger partial charge on any atom is -0.329 e. The molecule has 2 heterocycles. The third kappa shape index (κ3) is 1.77. The van der Waals surface area contributed by atoms with E-state index in [-0.39, 0.29) is 5.82 Å². The van der Waals surface area contributed by atoms with Gasteiger partial charge in [0, 0.05) is 10.7 Å². The molecule has 0 spiro atoms. The summed E-state index contributed by atoms with van der Waals surface area (Å²) in [4.78, 5) is 7.07. The summed E-state index contributed by atoms with van der Waals surface area (Å²) in [5, 5.41) is 0. The van der Waals surface area contributed by atoms with E-state index in [1.165, 1.54) is 12.1 Å². The van der Waals surface area contributed by atoms with Crippen molar-refractivity contribution in [3.05, 3.63) is 51.7 Å². The van der Waals surface area contributed by atoms with Crippen LogP contribution in [0.15, 0.2) is 41.1 Å². The normalized spacial score (nSPS) is 11.0. The fraction of sp³-hybridized carbons (Fsp3) is 0. The van der Waals surface area contributed by atoms with Gasteiger partial charge in [0.2, 0.25) is 0 Å². The maximum absolute atomic E-state index is 13.4. The predicted octanol–water partition coefficient (Wildman–Crippen LogP) is 3.98. The van der Waals surface area contributed by atoms with Gasteiger partial charge in [-0.15, -0.1) is 0 Å². The number of pyridine rings is 1. The molecule has 0 unspecified atom stereocenters. The van der Waals surface area contributed by atoms with E-state index in [2.05, 4.69) is 25.9 Å². The maximum atomic E-state index is 13.4. The average molecular weight is 324 g/mol. The number of hydrogen-bond acceptors (Lipinski definition) is 2. The van der Waals surface area contributed by atoms with Gasteiger partial charge in [-0.3, -0.25) is 9.55 Å². The molecule has 0 radical (unpaired) electrons. The second-order valence-corrected chi connectivity index (χ2v) is 5.00. The zero-order valence-electron chi connectivity index (χ0n) is 9.02. The Morgan fingerprint density at radius 3 is 3.00 bits per heavy atom. The number of imidazole rings is 1. The van der Waals surface area contributed by atoms with Crippen molar-refractivity contribution in [3.63, 3.8) is 0 Å². The lowest BCUT2D eigenvalue weighted by molar-refractivity contribution is 0.626. The molecule has 90 valence electrons. The molecule has 0 aliphatic rings. The molecule has 1 N–H and O–H groups in total. The number of benzene rings is 1. The van der Waals surface area contributed by atoms with Crippen LogP contribution in [0.25, 0.3) is 16.7 Å². The number of fused-ring (bicyclic) bond motifs is 1. The number of rotatable bonds is 1. The van der Waals surface area contributed by atoms with E-state index in [0.29, 0.717) is 10.5 Å². The first kappa shape index (κ1) is 11.6. The van der Waals surface area contributed by atoms with Crippen LogP contribution in [0.3, 0.4) is 0 Å². The number of halogens is 2. The van der Waals surface area contributed by atoms with E-state index in [9.17, 15) is 4.39 Å². The first-order valence-corrected chi connectivity index (χ1v) is 6.37. The molecule has 0 aliphatic carbocycles. The number of aromatic amines is 1.